The summed E-state index contributed by atoms with van der Waals surface area (Å²) in [6.07, 6.45) is 1.46. The van der Waals surface area contributed by atoms with E-state index >= 15 is 0 Å². The van der Waals surface area contributed by atoms with Gasteiger partial charge in [-0.1, -0.05) is 34.8 Å². The molecule has 2 N–H and O–H groups in total. The monoisotopic (exact) mass is 334 g/mol. The molecule has 0 amide bonds. The molecule has 20 heavy (non-hydrogen) atoms. The quantitative estimate of drug-likeness (QED) is 0.792. The van der Waals surface area contributed by atoms with Crippen LogP contribution < -0.4 is 10.6 Å². The Labute approximate surface area is 130 Å². The van der Waals surface area contributed by atoms with Crippen LogP contribution in [0.25, 0.3) is 0 Å². The van der Waals surface area contributed by atoms with Crippen LogP contribution >= 0.6 is 34.8 Å². The Hall–Kier alpha value is -1.30. The number of hydrogen-bond donors (Lipinski definition) is 2. The lowest BCUT2D eigenvalue weighted by Crippen LogP contribution is -2.04. The van der Waals surface area contributed by atoms with Crippen molar-refractivity contribution in [3.05, 3.63) is 39.2 Å². The SMILES string of the molecule is CCNc1ncc(Cl)c(Nc2cc(Cl)c(F)c(Cl)c2)n1. The molecule has 0 aliphatic rings. The lowest BCUT2D eigenvalue weighted by atomic mass is 10.3. The van der Waals surface area contributed by atoms with Crippen LogP contribution in [-0.4, -0.2) is 16.5 Å². The molecule has 8 heteroatoms. The zero-order valence-corrected chi connectivity index (χ0v) is 12.6. The molecule has 1 aromatic heterocycles. The summed E-state index contributed by atoms with van der Waals surface area (Å²) >= 11 is 17.5. The fourth-order valence-electron chi connectivity index (χ4n) is 1.46. The normalized spacial score (nSPS) is 10.4. The summed E-state index contributed by atoms with van der Waals surface area (Å²) in [5, 5.41) is 6.03. The van der Waals surface area contributed by atoms with Gasteiger partial charge in [0.15, 0.2) is 11.6 Å². The average molecular weight is 336 g/mol. The van der Waals surface area contributed by atoms with E-state index in [-0.39, 0.29) is 10.0 Å². The fourth-order valence-corrected chi connectivity index (χ4v) is 2.09. The number of benzene rings is 1. The third kappa shape index (κ3) is 3.42. The number of aromatic nitrogens is 2. The van der Waals surface area contributed by atoms with Crippen LogP contribution in [0.3, 0.4) is 0 Å². The van der Waals surface area contributed by atoms with Gasteiger partial charge in [0.1, 0.15) is 5.02 Å². The first kappa shape index (κ1) is 15.1. The van der Waals surface area contributed by atoms with E-state index in [1.807, 2.05) is 6.92 Å². The molecule has 0 bridgehead atoms. The van der Waals surface area contributed by atoms with Gasteiger partial charge in [-0.05, 0) is 19.1 Å². The zero-order chi connectivity index (χ0) is 14.7. The second kappa shape index (κ2) is 6.43. The predicted molar refractivity (Wildman–Crippen MR) is 80.9 cm³/mol. The molecule has 0 aliphatic carbocycles. The molecule has 106 valence electrons. The van der Waals surface area contributed by atoms with Gasteiger partial charge in [-0.25, -0.2) is 9.37 Å². The summed E-state index contributed by atoms with van der Waals surface area (Å²) in [7, 11) is 0. The molecule has 0 unspecified atom stereocenters. The highest BCUT2D eigenvalue weighted by atomic mass is 35.5. The second-order valence-corrected chi connectivity index (χ2v) is 5.02. The number of halogens is 4. The van der Waals surface area contributed by atoms with Crippen LogP contribution in [-0.2, 0) is 0 Å². The average Bonchev–Trinajstić information content (AvgIpc) is 2.40. The second-order valence-electron chi connectivity index (χ2n) is 3.80. The van der Waals surface area contributed by atoms with Crippen molar-refractivity contribution in [1.82, 2.24) is 9.97 Å². The Morgan fingerprint density at radius 1 is 1.15 bits per heavy atom. The smallest absolute Gasteiger partial charge is 0.224 e. The Morgan fingerprint density at radius 2 is 1.80 bits per heavy atom. The first-order valence-electron chi connectivity index (χ1n) is 5.69. The summed E-state index contributed by atoms with van der Waals surface area (Å²) < 4.78 is 13.3. The first-order valence-corrected chi connectivity index (χ1v) is 6.82. The molecule has 0 saturated heterocycles. The minimum Gasteiger partial charge on any atom is -0.354 e. The Kier molecular flexibility index (Phi) is 4.86. The fraction of sp³-hybridized carbons (Fsp3) is 0.167. The number of hydrogen-bond acceptors (Lipinski definition) is 4. The van der Waals surface area contributed by atoms with E-state index in [4.69, 9.17) is 34.8 Å². The van der Waals surface area contributed by atoms with Crippen LogP contribution in [0.5, 0.6) is 0 Å². The summed E-state index contributed by atoms with van der Waals surface area (Å²) in [6, 6.07) is 2.79. The van der Waals surface area contributed by atoms with Gasteiger partial charge in [0, 0.05) is 12.2 Å². The minimum atomic E-state index is -0.666. The molecular formula is C12H10Cl3FN4. The van der Waals surface area contributed by atoms with E-state index in [1.54, 1.807) is 0 Å². The molecule has 4 nitrogen and oxygen atoms in total. The van der Waals surface area contributed by atoms with Gasteiger partial charge in [-0.3, -0.25) is 0 Å². The van der Waals surface area contributed by atoms with Crippen LogP contribution in [0.15, 0.2) is 18.3 Å². The minimum absolute atomic E-state index is 0.0860. The Bertz CT molecular complexity index is 613. The van der Waals surface area contributed by atoms with E-state index in [0.29, 0.717) is 29.0 Å². The number of nitrogens with zero attached hydrogens (tertiary/aromatic N) is 2. The van der Waals surface area contributed by atoms with Crippen LogP contribution in [0.2, 0.25) is 15.1 Å². The molecule has 0 radical (unpaired) electrons. The van der Waals surface area contributed by atoms with Gasteiger partial charge in [0.25, 0.3) is 0 Å². The predicted octanol–water partition coefficient (Wildman–Crippen LogP) is 4.75. The molecule has 2 rings (SSSR count). The van der Waals surface area contributed by atoms with Gasteiger partial charge in [-0.15, -0.1) is 0 Å². The Balaban J connectivity index is 2.32. The highest BCUT2D eigenvalue weighted by Crippen LogP contribution is 2.30. The van der Waals surface area contributed by atoms with Crippen molar-refractivity contribution >= 4 is 52.3 Å². The molecular weight excluding hydrogens is 326 g/mol. The van der Waals surface area contributed by atoms with Crippen molar-refractivity contribution < 1.29 is 4.39 Å². The highest BCUT2D eigenvalue weighted by Gasteiger charge is 2.10. The van der Waals surface area contributed by atoms with Crippen molar-refractivity contribution in [2.24, 2.45) is 0 Å². The maximum Gasteiger partial charge on any atom is 0.224 e. The largest absolute Gasteiger partial charge is 0.354 e. The molecule has 0 fully saturated rings. The summed E-state index contributed by atoms with van der Waals surface area (Å²) in [6.45, 7) is 2.60. The van der Waals surface area contributed by atoms with E-state index in [2.05, 4.69) is 20.6 Å². The van der Waals surface area contributed by atoms with Crippen molar-refractivity contribution in [2.45, 2.75) is 6.92 Å². The Morgan fingerprint density at radius 3 is 2.40 bits per heavy atom. The van der Waals surface area contributed by atoms with Gasteiger partial charge in [0.05, 0.1) is 16.2 Å². The van der Waals surface area contributed by atoms with E-state index in [1.165, 1.54) is 18.3 Å². The van der Waals surface area contributed by atoms with E-state index < -0.39 is 5.82 Å². The zero-order valence-electron chi connectivity index (χ0n) is 10.3. The summed E-state index contributed by atoms with van der Waals surface area (Å²) in [4.78, 5) is 8.21. The third-order valence-electron chi connectivity index (χ3n) is 2.33. The summed E-state index contributed by atoms with van der Waals surface area (Å²) in [5.74, 6) is 0.135. The van der Waals surface area contributed by atoms with E-state index in [0.717, 1.165) is 0 Å². The van der Waals surface area contributed by atoms with Crippen molar-refractivity contribution in [1.29, 1.82) is 0 Å². The third-order valence-corrected chi connectivity index (χ3v) is 3.15. The van der Waals surface area contributed by atoms with Crippen molar-refractivity contribution in [3.8, 4) is 0 Å². The summed E-state index contributed by atoms with van der Waals surface area (Å²) in [5.41, 5.74) is 0.476. The molecule has 0 spiro atoms. The highest BCUT2D eigenvalue weighted by molar-refractivity contribution is 6.35. The standard InChI is InChI=1S/C12H10Cl3FN4/c1-2-17-12-18-5-9(15)11(20-12)19-6-3-7(13)10(16)8(14)4-6/h3-5H,2H2,1H3,(H2,17,18,19,20). The lowest BCUT2D eigenvalue weighted by molar-refractivity contribution is 0.629. The van der Waals surface area contributed by atoms with Crippen LogP contribution in [0.1, 0.15) is 6.92 Å². The van der Waals surface area contributed by atoms with E-state index in [9.17, 15) is 4.39 Å². The molecule has 0 atom stereocenters. The first-order chi connectivity index (χ1) is 9.51. The lowest BCUT2D eigenvalue weighted by Gasteiger charge is -2.10. The molecule has 1 heterocycles. The molecule has 2 aromatic rings. The van der Waals surface area contributed by atoms with Crippen molar-refractivity contribution in [2.75, 3.05) is 17.2 Å². The maximum atomic E-state index is 13.3. The van der Waals surface area contributed by atoms with Gasteiger partial charge < -0.3 is 10.6 Å². The van der Waals surface area contributed by atoms with Crippen LogP contribution in [0.4, 0.5) is 21.8 Å². The van der Waals surface area contributed by atoms with Gasteiger partial charge in [-0.2, -0.15) is 4.98 Å². The molecule has 0 saturated carbocycles. The van der Waals surface area contributed by atoms with Crippen LogP contribution in [0, 0.1) is 5.82 Å². The van der Waals surface area contributed by atoms with Crippen molar-refractivity contribution in [3.63, 3.8) is 0 Å². The maximum absolute atomic E-state index is 13.3. The number of anilines is 3. The number of rotatable bonds is 4. The topological polar surface area (TPSA) is 49.8 Å². The molecule has 0 aliphatic heterocycles. The van der Waals surface area contributed by atoms with Gasteiger partial charge in [0.2, 0.25) is 5.95 Å². The molecule has 1 aromatic carbocycles. The number of nitrogens with one attached hydrogen (secondary N) is 2. The van der Waals surface area contributed by atoms with Gasteiger partial charge >= 0.3 is 0 Å².